The quantitative estimate of drug-likeness (QED) is 0.0734. The van der Waals surface area contributed by atoms with Crippen molar-refractivity contribution < 1.29 is 23.8 Å². The van der Waals surface area contributed by atoms with Gasteiger partial charge in [-0.15, -0.1) is 26.3 Å². The Hall–Kier alpha value is -5.51. The van der Waals surface area contributed by atoms with Gasteiger partial charge >= 0.3 is 7.60 Å². The average Bonchev–Trinajstić information content (AvgIpc) is 3.15. The summed E-state index contributed by atoms with van der Waals surface area (Å²) in [5.41, 5.74) is 6.52. The molecule has 0 spiro atoms. The lowest BCUT2D eigenvalue weighted by Crippen LogP contribution is -2.20. The summed E-state index contributed by atoms with van der Waals surface area (Å²) in [5.74, 6) is 1.36. The zero-order valence-electron chi connectivity index (χ0n) is 31.8. The number of benzene rings is 5. The van der Waals surface area contributed by atoms with Crippen molar-refractivity contribution in [2.75, 3.05) is 0 Å². The Morgan fingerprint density at radius 1 is 0.519 bits per heavy atom. The maximum absolute atomic E-state index is 15.2. The predicted octanol–water partition coefficient (Wildman–Crippen LogP) is 11.6. The fraction of sp³-hybridized carbons (Fsp3) is 0.208. The van der Waals surface area contributed by atoms with Crippen LogP contribution in [0.3, 0.4) is 0 Å². The topological polar surface area (TPSA) is 76.0 Å². The van der Waals surface area contributed by atoms with Crippen LogP contribution in [0.2, 0.25) is 0 Å². The molecular formula is C48H51O5P. The molecule has 0 amide bonds. The van der Waals surface area contributed by atoms with E-state index >= 15 is 4.57 Å². The highest BCUT2D eigenvalue weighted by molar-refractivity contribution is 7.63. The zero-order chi connectivity index (χ0) is 39.1. The van der Waals surface area contributed by atoms with Gasteiger partial charge in [-0.05, 0) is 107 Å². The van der Waals surface area contributed by atoms with E-state index < -0.39 is 18.4 Å². The molecule has 0 bridgehead atoms. The van der Waals surface area contributed by atoms with Crippen molar-refractivity contribution in [3.05, 3.63) is 198 Å². The molecule has 2 N–H and O–H groups in total. The standard InChI is InChI=1S/C48H51O5P/c1-9-16-34-30-38(22-26-43(34)49)47(5,6)40-24-28-45(36(32-40)18-11-3)52-54(51,42-20-14-13-15-21-42)53-46-29-25-41(33-37(46)19-12-4)48(7,8)39-23-27-44(50)35(31-39)17-10-2/h9-15,20-33,49-50H,1-4,16-19H2,5-8H3. The molecule has 6 heteroatoms. The van der Waals surface area contributed by atoms with Crippen LogP contribution >= 0.6 is 7.60 Å². The van der Waals surface area contributed by atoms with Gasteiger partial charge in [0.1, 0.15) is 23.0 Å². The summed E-state index contributed by atoms with van der Waals surface area (Å²) in [5, 5.41) is 21.2. The molecule has 0 aromatic heterocycles. The first-order valence-electron chi connectivity index (χ1n) is 18.2. The summed E-state index contributed by atoms with van der Waals surface area (Å²) < 4.78 is 28.3. The Balaban J connectivity index is 1.54. The highest BCUT2D eigenvalue weighted by Gasteiger charge is 2.34. The third kappa shape index (κ3) is 8.48. The normalized spacial score (nSPS) is 11.8. The average molecular weight is 739 g/mol. The monoisotopic (exact) mass is 738 g/mol. The molecule has 0 aliphatic heterocycles. The van der Waals surface area contributed by atoms with Crippen molar-refractivity contribution in [2.24, 2.45) is 0 Å². The first kappa shape index (κ1) is 39.7. The summed E-state index contributed by atoms with van der Waals surface area (Å²) in [7, 11) is -4.03. The molecule has 0 saturated heterocycles. The van der Waals surface area contributed by atoms with E-state index in [-0.39, 0.29) is 11.5 Å². The number of allylic oxidation sites excluding steroid dienone is 4. The molecule has 54 heavy (non-hydrogen) atoms. The van der Waals surface area contributed by atoms with Crippen LogP contribution in [0.1, 0.15) is 72.2 Å². The van der Waals surface area contributed by atoms with Gasteiger partial charge in [-0.25, -0.2) is 4.57 Å². The Morgan fingerprint density at radius 3 is 1.22 bits per heavy atom. The van der Waals surface area contributed by atoms with E-state index in [1.807, 2.05) is 66.7 Å². The van der Waals surface area contributed by atoms with E-state index in [4.69, 9.17) is 9.05 Å². The maximum atomic E-state index is 15.2. The maximum Gasteiger partial charge on any atom is 0.462 e. The Bertz CT molecular complexity index is 2080. The number of aromatic hydroxyl groups is 2. The molecule has 5 aromatic rings. The molecule has 0 aliphatic carbocycles. The number of hydrogen-bond donors (Lipinski definition) is 2. The van der Waals surface area contributed by atoms with Gasteiger partial charge in [0.05, 0.1) is 5.30 Å². The first-order valence-corrected chi connectivity index (χ1v) is 19.7. The number of phenolic OH excluding ortho intramolecular Hbond substituents is 2. The van der Waals surface area contributed by atoms with Gasteiger partial charge in [0.25, 0.3) is 0 Å². The molecule has 5 nitrogen and oxygen atoms in total. The number of phenols is 2. The summed E-state index contributed by atoms with van der Waals surface area (Å²) >= 11 is 0. The molecule has 0 heterocycles. The van der Waals surface area contributed by atoms with Crippen molar-refractivity contribution in [2.45, 2.75) is 64.2 Å². The molecular weight excluding hydrogens is 687 g/mol. The fourth-order valence-corrected chi connectivity index (χ4v) is 8.32. The van der Waals surface area contributed by atoms with Crippen molar-refractivity contribution in [1.29, 1.82) is 0 Å². The van der Waals surface area contributed by atoms with Crippen molar-refractivity contribution in [3.8, 4) is 23.0 Å². The highest BCUT2D eigenvalue weighted by Crippen LogP contribution is 2.50. The summed E-state index contributed by atoms with van der Waals surface area (Å²) in [4.78, 5) is 0. The minimum absolute atomic E-state index is 0.243. The van der Waals surface area contributed by atoms with E-state index in [1.54, 1.807) is 48.6 Å². The summed E-state index contributed by atoms with van der Waals surface area (Å²) in [6, 6.07) is 32.2. The Kier molecular flexibility index (Phi) is 12.2. The van der Waals surface area contributed by atoms with Gasteiger partial charge < -0.3 is 19.3 Å². The van der Waals surface area contributed by atoms with Crippen molar-refractivity contribution >= 4 is 12.9 Å². The molecule has 278 valence electrons. The third-order valence-corrected chi connectivity index (χ3v) is 11.9. The van der Waals surface area contributed by atoms with Crippen LogP contribution in [-0.2, 0) is 41.1 Å². The molecule has 0 unspecified atom stereocenters. The van der Waals surface area contributed by atoms with Gasteiger partial charge in [0, 0.05) is 10.8 Å². The van der Waals surface area contributed by atoms with Crippen LogP contribution in [0.25, 0.3) is 0 Å². The number of rotatable bonds is 17. The van der Waals surface area contributed by atoms with Crippen LogP contribution in [0.4, 0.5) is 0 Å². The second kappa shape index (κ2) is 16.7. The molecule has 5 rings (SSSR count). The summed E-state index contributed by atoms with van der Waals surface area (Å²) in [6.07, 6.45) is 9.22. The largest absolute Gasteiger partial charge is 0.508 e. The molecule has 0 saturated carbocycles. The summed E-state index contributed by atoms with van der Waals surface area (Å²) in [6.45, 7) is 24.2. The minimum atomic E-state index is -4.03. The zero-order valence-corrected chi connectivity index (χ0v) is 32.7. The molecule has 0 fully saturated rings. The van der Waals surface area contributed by atoms with Crippen molar-refractivity contribution in [3.63, 3.8) is 0 Å². The van der Waals surface area contributed by atoms with E-state index in [1.165, 1.54) is 0 Å². The molecule has 0 aliphatic rings. The smallest absolute Gasteiger partial charge is 0.462 e. The van der Waals surface area contributed by atoms with Crippen molar-refractivity contribution in [1.82, 2.24) is 0 Å². The lowest BCUT2D eigenvalue weighted by Gasteiger charge is -2.29. The SMILES string of the molecule is C=CCc1cc(C(C)(C)c2ccc(OP(=O)(Oc3ccc(C(C)(C)c4ccc(O)c(CC=C)c4)cc3CC=C)c3ccccc3)c(CC=C)c2)ccc1O. The highest BCUT2D eigenvalue weighted by atomic mass is 31.2. The van der Waals surface area contributed by atoms with Gasteiger partial charge in [0.15, 0.2) is 0 Å². The lowest BCUT2D eigenvalue weighted by molar-refractivity contribution is 0.396. The predicted molar refractivity (Wildman–Crippen MR) is 224 cm³/mol. The second-order valence-electron chi connectivity index (χ2n) is 14.6. The van der Waals surface area contributed by atoms with Crippen LogP contribution in [0.15, 0.2) is 154 Å². The lowest BCUT2D eigenvalue weighted by atomic mass is 9.77. The van der Waals surface area contributed by atoms with Gasteiger partial charge in [-0.1, -0.05) is 119 Å². The second-order valence-corrected chi connectivity index (χ2v) is 16.4. The van der Waals surface area contributed by atoms with Crippen LogP contribution in [0.5, 0.6) is 23.0 Å². The van der Waals surface area contributed by atoms with E-state index in [0.717, 1.165) is 44.5 Å². The Labute approximate surface area is 321 Å². The Morgan fingerprint density at radius 2 is 0.852 bits per heavy atom. The molecule has 0 atom stereocenters. The van der Waals surface area contributed by atoms with E-state index in [0.29, 0.717) is 42.5 Å². The molecule has 5 aromatic carbocycles. The third-order valence-electron chi connectivity index (χ3n) is 10.1. The van der Waals surface area contributed by atoms with E-state index in [2.05, 4.69) is 66.1 Å². The van der Waals surface area contributed by atoms with E-state index in [9.17, 15) is 10.2 Å². The van der Waals surface area contributed by atoms with Gasteiger partial charge in [-0.3, -0.25) is 0 Å². The van der Waals surface area contributed by atoms with Crippen LogP contribution < -0.4 is 14.4 Å². The minimum Gasteiger partial charge on any atom is -0.508 e. The van der Waals surface area contributed by atoms with Gasteiger partial charge in [-0.2, -0.15) is 0 Å². The molecule has 0 radical (unpaired) electrons. The first-order chi connectivity index (χ1) is 25.8. The number of hydrogen-bond acceptors (Lipinski definition) is 5. The van der Waals surface area contributed by atoms with Crippen LogP contribution in [-0.4, -0.2) is 10.2 Å². The van der Waals surface area contributed by atoms with Crippen LogP contribution in [0, 0.1) is 0 Å². The fourth-order valence-electron chi connectivity index (χ4n) is 6.66. The van der Waals surface area contributed by atoms with Gasteiger partial charge in [0.2, 0.25) is 0 Å².